The normalized spacial score (nSPS) is 13.1. The van der Waals surface area contributed by atoms with Gasteiger partial charge in [-0.2, -0.15) is 0 Å². The minimum Gasteiger partial charge on any atom is -1.00 e. The maximum atomic E-state index is 6.50. The van der Waals surface area contributed by atoms with Crippen molar-refractivity contribution in [2.45, 2.75) is 75.3 Å². The van der Waals surface area contributed by atoms with Gasteiger partial charge in [0, 0.05) is 0 Å². The van der Waals surface area contributed by atoms with E-state index < -0.39 is 21.3 Å². The molecule has 5 heteroatoms. The number of hydrogen-bond donors (Lipinski definition) is 0. The number of rotatable bonds is 8. The predicted octanol–water partition coefficient (Wildman–Crippen LogP) is 9.12. The Kier molecular flexibility index (Phi) is 13.8. The number of hydrogen-bond acceptors (Lipinski definition) is 0. The van der Waals surface area contributed by atoms with Crippen LogP contribution in [0.1, 0.15) is 85.0 Å². The van der Waals surface area contributed by atoms with Crippen LogP contribution in [-0.2, 0) is 44.9 Å². The monoisotopic (exact) mass is 916 g/mol. The molecule has 0 heterocycles. The van der Waals surface area contributed by atoms with E-state index in [1.807, 2.05) is 24.3 Å². The van der Waals surface area contributed by atoms with Crippen LogP contribution in [0.2, 0.25) is 10.0 Å². The molecule has 0 unspecified atom stereocenters. The second-order valence-corrected chi connectivity index (χ2v) is 25.2. The maximum absolute atomic E-state index is 6.50. The number of allylic oxidation sites excluding steroid dienone is 4. The average Bonchev–Trinajstić information content (AvgIpc) is 3.81. The molecule has 0 amide bonds. The summed E-state index contributed by atoms with van der Waals surface area (Å²) in [6, 6.07) is 49.7. The number of fused-ring (bicyclic) bond motifs is 3. The predicted molar refractivity (Wildman–Crippen MR) is 239 cm³/mol. The zero-order valence-electron chi connectivity index (χ0n) is 34.1. The van der Waals surface area contributed by atoms with Gasteiger partial charge in [0.05, 0.1) is 0 Å². The molecule has 2 aliphatic rings. The minimum atomic E-state index is -2.84. The topological polar surface area (TPSA) is 0 Å². The Balaban J connectivity index is 0.00000283. The molecule has 0 bridgehead atoms. The van der Waals surface area contributed by atoms with E-state index >= 15 is 0 Å². The van der Waals surface area contributed by atoms with E-state index in [0.717, 1.165) is 29.3 Å². The molecule has 0 N–H and O–H groups in total. The molecule has 0 saturated carbocycles. The zero-order valence-corrected chi connectivity index (χ0v) is 39.6. The van der Waals surface area contributed by atoms with Crippen LogP contribution in [0.4, 0.5) is 0 Å². The molecular weight excluding hydrogens is 870 g/mol. The molecule has 58 heavy (non-hydrogen) atoms. The first kappa shape index (κ1) is 44.3. The van der Waals surface area contributed by atoms with Crippen LogP contribution in [-0.4, -0.2) is 3.21 Å². The summed E-state index contributed by atoms with van der Waals surface area (Å²) >= 11 is 10.2. The molecular formula is C53H50Cl4Zr. The molecule has 6 aromatic rings. The Labute approximate surface area is 376 Å². The van der Waals surface area contributed by atoms with Gasteiger partial charge in [-0.05, 0) is 0 Å². The van der Waals surface area contributed by atoms with Crippen molar-refractivity contribution in [2.24, 2.45) is 0 Å². The van der Waals surface area contributed by atoms with E-state index in [2.05, 4.69) is 169 Å². The molecule has 8 rings (SSSR count). The Morgan fingerprint density at radius 3 is 1.33 bits per heavy atom. The third kappa shape index (κ3) is 9.21. The van der Waals surface area contributed by atoms with Gasteiger partial charge >= 0.3 is 355 Å². The summed E-state index contributed by atoms with van der Waals surface area (Å²) in [6.45, 7) is 14.1. The minimum absolute atomic E-state index is 0. The molecule has 0 nitrogen and oxygen atoms in total. The van der Waals surface area contributed by atoms with Crippen LogP contribution < -0.4 is 24.8 Å². The summed E-state index contributed by atoms with van der Waals surface area (Å²) in [4.78, 5) is 0. The smallest absolute Gasteiger partial charge is 1.00 e. The quantitative estimate of drug-likeness (QED) is 0.143. The van der Waals surface area contributed by atoms with Crippen LogP contribution in [0.5, 0.6) is 0 Å². The fourth-order valence-electron chi connectivity index (χ4n) is 8.83. The van der Waals surface area contributed by atoms with Gasteiger partial charge in [0.2, 0.25) is 0 Å². The molecule has 2 aliphatic carbocycles. The van der Waals surface area contributed by atoms with Gasteiger partial charge in [-0.25, -0.2) is 0 Å². The van der Waals surface area contributed by atoms with Crippen molar-refractivity contribution in [3.63, 3.8) is 0 Å². The van der Waals surface area contributed by atoms with E-state index in [0.29, 0.717) is 3.63 Å². The third-order valence-electron chi connectivity index (χ3n) is 11.5. The second-order valence-electron chi connectivity index (χ2n) is 17.6. The van der Waals surface area contributed by atoms with Crippen molar-refractivity contribution >= 4 is 26.4 Å². The molecule has 6 aromatic carbocycles. The molecule has 0 aliphatic heterocycles. The molecule has 294 valence electrons. The molecule has 0 saturated heterocycles. The summed E-state index contributed by atoms with van der Waals surface area (Å²) in [5, 5.41) is 1.53. The first-order chi connectivity index (χ1) is 26.8. The standard InChI is InChI=1S/C33H31Cl2.C15H14.C5H5.2ClH.Zr/c1-32(2,3)30-18-26-22(16-28(30)20-7-11-24(34)12-8-20)15-23-17-29(21-9-13-25(35)14-10-21)31(19-27(23)26)33(4,5)6;1-3-8-14(9-4-1)12-7-13-15-10-5-2-6-11-15;1-2-4-5-3-1;;;/h7-19H,1-6H3;1-6,8-11H,12-13H2;1-3H,4H2;2*1H;/q;;;;;+2/p-2. The van der Waals surface area contributed by atoms with Crippen molar-refractivity contribution < 1.29 is 46.1 Å². The summed E-state index contributed by atoms with van der Waals surface area (Å²) in [7, 11) is 0. The van der Waals surface area contributed by atoms with Crippen molar-refractivity contribution in [1.29, 1.82) is 0 Å². The van der Waals surface area contributed by atoms with Gasteiger partial charge in [0.25, 0.3) is 0 Å². The van der Waals surface area contributed by atoms with Crippen LogP contribution in [0.25, 0.3) is 33.4 Å². The average molecular weight is 920 g/mol. The Morgan fingerprint density at radius 2 is 0.966 bits per heavy atom. The van der Waals surface area contributed by atoms with Crippen LogP contribution in [0, 0.1) is 0 Å². The van der Waals surface area contributed by atoms with Gasteiger partial charge in [0.1, 0.15) is 0 Å². The first-order valence-electron chi connectivity index (χ1n) is 19.9. The first-order valence-corrected chi connectivity index (χ1v) is 24.5. The van der Waals surface area contributed by atoms with E-state index in [9.17, 15) is 0 Å². The van der Waals surface area contributed by atoms with Crippen LogP contribution in [0.3, 0.4) is 0 Å². The van der Waals surface area contributed by atoms with E-state index in [1.165, 1.54) is 66.8 Å². The summed E-state index contributed by atoms with van der Waals surface area (Å²) < 4.78 is 3.72. The van der Waals surface area contributed by atoms with Gasteiger partial charge < -0.3 is 24.8 Å². The number of benzene rings is 6. The Hall–Kier alpha value is -3.29. The van der Waals surface area contributed by atoms with E-state index in [4.69, 9.17) is 23.2 Å². The molecule has 0 atom stereocenters. The zero-order chi connectivity index (χ0) is 39.2. The maximum Gasteiger partial charge on any atom is -1.00 e. The van der Waals surface area contributed by atoms with Gasteiger partial charge in [-0.1, -0.05) is 0 Å². The summed E-state index contributed by atoms with van der Waals surface area (Å²) in [5.74, 6) is 0. The van der Waals surface area contributed by atoms with Gasteiger partial charge in [-0.15, -0.1) is 0 Å². The van der Waals surface area contributed by atoms with Crippen LogP contribution >= 0.6 is 23.2 Å². The third-order valence-corrected chi connectivity index (χ3v) is 20.3. The van der Waals surface area contributed by atoms with Crippen LogP contribution in [0.15, 0.2) is 155 Å². The van der Waals surface area contributed by atoms with E-state index in [-0.39, 0.29) is 35.6 Å². The van der Waals surface area contributed by atoms with Gasteiger partial charge in [0.15, 0.2) is 0 Å². The molecule has 0 spiro atoms. The van der Waals surface area contributed by atoms with Gasteiger partial charge in [-0.3, -0.25) is 0 Å². The van der Waals surface area contributed by atoms with Crippen molar-refractivity contribution in [3.05, 3.63) is 198 Å². The fourth-order valence-corrected chi connectivity index (χ4v) is 18.3. The Morgan fingerprint density at radius 1 is 0.552 bits per heavy atom. The molecule has 0 fully saturated rings. The fraction of sp³-hybridized carbons (Fsp3) is 0.226. The van der Waals surface area contributed by atoms with Crippen molar-refractivity contribution in [3.8, 4) is 33.4 Å². The summed E-state index contributed by atoms with van der Waals surface area (Å²) in [5.41, 5.74) is 16.3. The van der Waals surface area contributed by atoms with Crippen molar-refractivity contribution in [1.82, 2.24) is 0 Å². The van der Waals surface area contributed by atoms with E-state index in [1.54, 1.807) is 6.49 Å². The molecule has 0 aromatic heterocycles. The Bertz CT molecular complexity index is 2340. The summed E-state index contributed by atoms with van der Waals surface area (Å²) in [6.07, 6.45) is 10.2. The van der Waals surface area contributed by atoms with Crippen molar-refractivity contribution in [2.75, 3.05) is 0 Å². The second kappa shape index (κ2) is 18.1. The molecule has 0 radical (unpaired) electrons. The SMILES string of the molecule is CC(C)(C)c1cc2c(cc1-c1ccc(Cl)cc1)[CH]([Zr+2]([C]1=CC=CC1)=[C](Cc1ccccc1)Cc1ccccc1)c1cc(-c3ccc(Cl)cc3)c(C(C)(C)C)cc1-2.[Cl-].[Cl-]. The number of halogens is 4. The largest absolute Gasteiger partial charge is 1.00 e.